The van der Waals surface area contributed by atoms with Crippen LogP contribution >= 0.6 is 0 Å². The Bertz CT molecular complexity index is 2300. The summed E-state index contributed by atoms with van der Waals surface area (Å²) in [6.07, 6.45) is 10.9. The van der Waals surface area contributed by atoms with Crippen LogP contribution < -0.4 is 10.1 Å². The molecular weight excluding hydrogens is 796 g/mol. The molecule has 1 heterocycles. The van der Waals surface area contributed by atoms with Crippen LogP contribution in [-0.4, -0.2) is 51.9 Å². The molecule has 1 saturated carbocycles. The van der Waals surface area contributed by atoms with Gasteiger partial charge in [-0.3, -0.25) is 14.4 Å². The van der Waals surface area contributed by atoms with Gasteiger partial charge in [-0.05, 0) is 118 Å². The monoisotopic (exact) mass is 849 g/mol. The number of allylic oxidation sites excluding steroid dienone is 2. The minimum atomic E-state index is -4.72. The summed E-state index contributed by atoms with van der Waals surface area (Å²) >= 11 is 0. The molecule has 1 N–H and O–H groups in total. The Morgan fingerprint density at radius 1 is 0.903 bits per heavy atom. The predicted octanol–water partition coefficient (Wildman–Crippen LogP) is 10.6. The van der Waals surface area contributed by atoms with Crippen LogP contribution in [0.3, 0.4) is 0 Å². The van der Waals surface area contributed by atoms with Crippen LogP contribution in [0.1, 0.15) is 117 Å². The minimum absolute atomic E-state index is 0.00642. The summed E-state index contributed by atoms with van der Waals surface area (Å²) in [5, 5.41) is 12.6. The molecule has 13 heteroatoms. The van der Waals surface area contributed by atoms with Gasteiger partial charge in [0.15, 0.2) is 5.82 Å². The molecule has 1 aromatic heterocycles. The number of amides is 2. The molecule has 0 saturated heterocycles. The lowest BCUT2D eigenvalue weighted by molar-refractivity contribution is -0.155. The van der Waals surface area contributed by atoms with Gasteiger partial charge < -0.3 is 19.7 Å². The highest BCUT2D eigenvalue weighted by Crippen LogP contribution is 2.42. The van der Waals surface area contributed by atoms with Gasteiger partial charge in [-0.25, -0.2) is 9.97 Å². The van der Waals surface area contributed by atoms with Crippen molar-refractivity contribution in [3.8, 4) is 23.2 Å². The summed E-state index contributed by atoms with van der Waals surface area (Å²) in [6.45, 7) is 7.01. The third kappa shape index (κ3) is 11.9. The maximum Gasteiger partial charge on any atom is 0.416 e. The minimum Gasteiger partial charge on any atom is -0.497 e. The molecule has 2 aliphatic rings. The van der Waals surface area contributed by atoms with Crippen LogP contribution in [0.5, 0.6) is 5.75 Å². The van der Waals surface area contributed by atoms with Crippen LogP contribution in [0.2, 0.25) is 0 Å². The molecule has 0 radical (unpaired) electrons. The molecule has 0 spiro atoms. The topological polar surface area (TPSA) is 135 Å². The fourth-order valence-electron chi connectivity index (χ4n) is 8.51. The fraction of sp³-hybridized carbons (Fsp3) is 0.429. The van der Waals surface area contributed by atoms with Gasteiger partial charge in [0.2, 0.25) is 5.91 Å². The van der Waals surface area contributed by atoms with E-state index in [1.807, 2.05) is 42.7 Å². The Balaban J connectivity index is 1.13. The summed E-state index contributed by atoms with van der Waals surface area (Å²) in [7, 11) is 1.24. The number of nitrogens with one attached hydrogen (secondary N) is 1. The number of benzene rings is 3. The maximum atomic E-state index is 14.1. The number of alkyl halides is 3. The first kappa shape index (κ1) is 45.5. The average molecular weight is 850 g/mol. The van der Waals surface area contributed by atoms with E-state index in [4.69, 9.17) is 9.47 Å². The molecular formula is C49H54F3N5O5. The van der Waals surface area contributed by atoms with Crippen molar-refractivity contribution in [3.05, 3.63) is 113 Å². The van der Waals surface area contributed by atoms with E-state index in [2.05, 4.69) is 28.3 Å². The molecule has 0 bridgehead atoms. The van der Waals surface area contributed by atoms with Crippen molar-refractivity contribution >= 4 is 29.0 Å². The number of rotatable bonds is 13. The van der Waals surface area contributed by atoms with E-state index < -0.39 is 48.1 Å². The number of aromatic nitrogens is 2. The molecule has 326 valence electrons. The molecule has 2 aliphatic carbocycles. The number of hydrogen-bond acceptors (Lipinski definition) is 8. The molecule has 1 fully saturated rings. The van der Waals surface area contributed by atoms with Crippen LogP contribution in [0.15, 0.2) is 79.1 Å². The Morgan fingerprint density at radius 3 is 2.21 bits per heavy atom. The first-order chi connectivity index (χ1) is 29.5. The second-order valence-corrected chi connectivity index (χ2v) is 17.3. The number of nitrogens with zero attached hydrogens (tertiary/aromatic N) is 4. The van der Waals surface area contributed by atoms with E-state index in [-0.39, 0.29) is 34.7 Å². The SMILES string of the molecule is CCC1CCC(C2CC=C(c3cnc(-c4ccc(CN(CC(=O)OC(C)(C)C)C(=O)c5ccc(NC(=O)Cc6ccc(OC)cc6C(F)(F)F)cc5C#N)cc4)nc3)CC2)CC1. The predicted molar refractivity (Wildman–Crippen MR) is 231 cm³/mol. The number of carbonyl (C=O) groups is 3. The molecule has 10 nitrogen and oxygen atoms in total. The molecule has 62 heavy (non-hydrogen) atoms. The average Bonchev–Trinajstić information content (AvgIpc) is 3.25. The normalized spacial score (nSPS) is 17.9. The Morgan fingerprint density at radius 2 is 1.61 bits per heavy atom. The summed E-state index contributed by atoms with van der Waals surface area (Å²) in [6, 6.07) is 16.6. The molecule has 2 amide bonds. The van der Waals surface area contributed by atoms with Gasteiger partial charge in [-0.1, -0.05) is 62.6 Å². The number of esters is 1. The Hall–Kier alpha value is -6.03. The molecule has 1 unspecified atom stereocenters. The van der Waals surface area contributed by atoms with Crippen LogP contribution in [0.25, 0.3) is 17.0 Å². The van der Waals surface area contributed by atoms with Crippen LogP contribution in [-0.2, 0) is 33.5 Å². The second-order valence-electron chi connectivity index (χ2n) is 17.3. The van der Waals surface area contributed by atoms with E-state index in [1.165, 1.54) is 86.4 Å². The smallest absolute Gasteiger partial charge is 0.416 e. The zero-order chi connectivity index (χ0) is 44.6. The number of nitriles is 1. The van der Waals surface area contributed by atoms with E-state index >= 15 is 0 Å². The Kier molecular flexibility index (Phi) is 14.5. The first-order valence-corrected chi connectivity index (χ1v) is 21.2. The van der Waals surface area contributed by atoms with Crippen LogP contribution in [0.4, 0.5) is 18.9 Å². The lowest BCUT2D eigenvalue weighted by atomic mass is 9.71. The number of hydrogen-bond donors (Lipinski definition) is 1. The van der Waals surface area contributed by atoms with Gasteiger partial charge >= 0.3 is 12.1 Å². The quantitative estimate of drug-likeness (QED) is 0.131. The van der Waals surface area contributed by atoms with Crippen molar-refractivity contribution < 1.29 is 37.0 Å². The van der Waals surface area contributed by atoms with E-state index in [9.17, 15) is 32.8 Å². The van der Waals surface area contributed by atoms with Crippen LogP contribution in [0, 0.1) is 29.1 Å². The summed E-state index contributed by atoms with van der Waals surface area (Å²) < 4.78 is 51.7. The third-order valence-corrected chi connectivity index (χ3v) is 11.8. The maximum absolute atomic E-state index is 14.1. The zero-order valence-electron chi connectivity index (χ0n) is 36.0. The van der Waals surface area contributed by atoms with E-state index in [1.54, 1.807) is 20.8 Å². The number of ether oxygens (including phenoxy) is 2. The first-order valence-electron chi connectivity index (χ1n) is 21.2. The highest BCUT2D eigenvalue weighted by molar-refractivity contribution is 5.99. The lowest BCUT2D eigenvalue weighted by Gasteiger charge is -2.35. The Labute approximate surface area is 361 Å². The molecule has 0 aliphatic heterocycles. The van der Waals surface area contributed by atoms with E-state index in [0.29, 0.717) is 11.4 Å². The van der Waals surface area contributed by atoms with Gasteiger partial charge in [0.05, 0.1) is 30.2 Å². The van der Waals surface area contributed by atoms with Crippen molar-refractivity contribution in [1.82, 2.24) is 14.9 Å². The van der Waals surface area contributed by atoms with Gasteiger partial charge in [0, 0.05) is 35.8 Å². The lowest BCUT2D eigenvalue weighted by Crippen LogP contribution is -2.38. The zero-order valence-corrected chi connectivity index (χ0v) is 36.0. The van der Waals surface area contributed by atoms with Crippen molar-refractivity contribution in [2.24, 2.45) is 17.8 Å². The standard InChI is InChI=1S/C49H54F3N5O5/c1-6-31-7-11-33(12-8-31)34-15-17-35(18-16-34)39-27-54-46(55-28-39)36-13-9-32(10-14-36)29-57(30-45(59)62-48(2,3)4)47(60)42-22-20-40(23-38(42)26-53)56-44(58)24-37-19-21-41(61-5)25-43(37)49(50,51)52/h9-10,13-14,17,19-23,25,27-28,31,33-34H,6-8,11-12,15-16,18,24,29-30H2,1-5H3,(H,56,58). The number of anilines is 1. The second kappa shape index (κ2) is 19.8. The molecule has 3 aromatic carbocycles. The van der Waals surface area contributed by atoms with Gasteiger partial charge in [0.1, 0.15) is 24.0 Å². The molecule has 1 atom stereocenters. The largest absolute Gasteiger partial charge is 0.497 e. The number of halogens is 3. The van der Waals surface area contributed by atoms with Gasteiger partial charge in [-0.15, -0.1) is 0 Å². The van der Waals surface area contributed by atoms with Gasteiger partial charge in [0.25, 0.3) is 5.91 Å². The fourth-order valence-corrected chi connectivity index (χ4v) is 8.51. The van der Waals surface area contributed by atoms with Crippen molar-refractivity contribution in [3.63, 3.8) is 0 Å². The van der Waals surface area contributed by atoms with E-state index in [0.717, 1.165) is 47.8 Å². The third-order valence-electron chi connectivity index (χ3n) is 11.8. The van der Waals surface area contributed by atoms with Gasteiger partial charge in [-0.2, -0.15) is 18.4 Å². The molecule has 6 rings (SSSR count). The van der Waals surface area contributed by atoms with Crippen molar-refractivity contribution in [1.29, 1.82) is 5.26 Å². The molecule has 4 aromatic rings. The number of carbonyl (C=O) groups excluding carboxylic acids is 3. The van der Waals surface area contributed by atoms with Crippen molar-refractivity contribution in [2.45, 2.75) is 104 Å². The summed E-state index contributed by atoms with van der Waals surface area (Å²) in [5.41, 5.74) is 1.64. The summed E-state index contributed by atoms with van der Waals surface area (Å²) in [5.74, 6) is 0.986. The summed E-state index contributed by atoms with van der Waals surface area (Å²) in [4.78, 5) is 50.7. The number of methoxy groups -OCH3 is 1. The highest BCUT2D eigenvalue weighted by atomic mass is 19.4. The highest BCUT2D eigenvalue weighted by Gasteiger charge is 2.34. The van der Waals surface area contributed by atoms with Crippen molar-refractivity contribution in [2.75, 3.05) is 19.0 Å².